The molecular weight excluding hydrogens is 634 g/mol. The molecule has 2 aliphatic carbocycles. The van der Waals surface area contributed by atoms with Gasteiger partial charge < -0.3 is 10.2 Å². The zero-order valence-electron chi connectivity index (χ0n) is 26.5. The topological polar surface area (TPSA) is 57.1 Å². The molecule has 4 atom stereocenters. The summed E-state index contributed by atoms with van der Waals surface area (Å²) in [6.07, 6.45) is 17.3. The van der Waals surface area contributed by atoms with Gasteiger partial charge in [-0.3, -0.25) is 14.8 Å². The van der Waals surface area contributed by atoms with E-state index in [9.17, 15) is 13.6 Å². The molecule has 47 heavy (non-hydrogen) atoms. The van der Waals surface area contributed by atoms with Crippen LogP contribution in [0.4, 0.5) is 8.78 Å². The lowest BCUT2D eigenvalue weighted by molar-refractivity contribution is -0.117. The van der Waals surface area contributed by atoms with Gasteiger partial charge in [-0.05, 0) is 98.9 Å². The zero-order chi connectivity index (χ0) is 32.5. The number of carbonyl (C=O) groups is 1. The highest BCUT2D eigenvalue weighted by Gasteiger charge is 2.41. The monoisotopic (exact) mass is 672 g/mol. The van der Waals surface area contributed by atoms with E-state index in [1.165, 1.54) is 30.5 Å². The number of amidine groups is 1. The molecule has 2 aromatic rings. The maximum Gasteiger partial charge on any atom is 0.247 e. The molecule has 1 aromatic heterocycles. The van der Waals surface area contributed by atoms with Crippen LogP contribution in [0.2, 0.25) is 5.02 Å². The standard InChI is InChI=1S/C38H39ClF2N4OS/c1-23(40)7-13-29-14-16-32(43-29)35-33-20-24(17-18-42-38(46)27-5-2-4-25(10-11-27)26-8-9-26)22-45(33)37(34-6-3-19-47-34)44-36(35)30-15-12-28(41)21-31(30)39/h2-6,10,12,14-16,19,21,23-24,26,29,36H,7-9,11,13,17-18,20,22H2,1H3,(H,42,46)/t23?,24?,29?,36-/m0/s1. The molecule has 0 bridgehead atoms. The second kappa shape index (κ2) is 13.9. The van der Waals surface area contributed by atoms with E-state index in [4.69, 9.17) is 21.6 Å². The van der Waals surface area contributed by atoms with Gasteiger partial charge in [-0.15, -0.1) is 11.3 Å². The first kappa shape index (κ1) is 32.0. The van der Waals surface area contributed by atoms with Gasteiger partial charge >= 0.3 is 0 Å². The Kier molecular flexibility index (Phi) is 9.42. The van der Waals surface area contributed by atoms with Gasteiger partial charge in [-0.2, -0.15) is 0 Å². The summed E-state index contributed by atoms with van der Waals surface area (Å²) in [4.78, 5) is 26.8. The molecule has 7 rings (SSSR count). The van der Waals surface area contributed by atoms with E-state index in [2.05, 4.69) is 28.4 Å². The van der Waals surface area contributed by atoms with E-state index >= 15 is 0 Å². The second-order valence-corrected chi connectivity index (χ2v) is 14.5. The number of fused-ring (bicyclic) bond motifs is 1. The highest BCUT2D eigenvalue weighted by molar-refractivity contribution is 7.12. The number of hydrogen-bond acceptors (Lipinski definition) is 5. The van der Waals surface area contributed by atoms with Crippen molar-refractivity contribution >= 4 is 40.4 Å². The number of allylic oxidation sites excluding steroid dienone is 7. The largest absolute Gasteiger partial charge is 0.352 e. The number of carbonyl (C=O) groups excluding carboxylic acids is 1. The molecule has 1 saturated heterocycles. The molecule has 5 aliphatic rings. The maximum absolute atomic E-state index is 14.2. The van der Waals surface area contributed by atoms with Crippen molar-refractivity contribution in [1.29, 1.82) is 0 Å². The molecule has 0 spiro atoms. The summed E-state index contributed by atoms with van der Waals surface area (Å²) in [5.74, 6) is 1.40. The molecule has 244 valence electrons. The minimum absolute atomic E-state index is 0.00971. The third-order valence-corrected chi connectivity index (χ3v) is 10.8. The fourth-order valence-electron chi connectivity index (χ4n) is 6.95. The quantitative estimate of drug-likeness (QED) is 0.259. The van der Waals surface area contributed by atoms with Crippen LogP contribution >= 0.6 is 22.9 Å². The van der Waals surface area contributed by atoms with E-state index in [-0.39, 0.29) is 17.9 Å². The lowest BCUT2D eigenvalue weighted by Gasteiger charge is -2.33. The predicted octanol–water partition coefficient (Wildman–Crippen LogP) is 8.86. The van der Waals surface area contributed by atoms with Gasteiger partial charge in [0, 0.05) is 40.5 Å². The Hall–Kier alpha value is -3.62. The number of aliphatic imine (C=N–C) groups is 2. The number of hydrogen-bond donors (Lipinski definition) is 1. The van der Waals surface area contributed by atoms with Crippen LogP contribution in [-0.2, 0) is 4.79 Å². The van der Waals surface area contributed by atoms with Crippen LogP contribution in [0.3, 0.4) is 0 Å². The molecule has 9 heteroatoms. The molecule has 1 aromatic carbocycles. The highest BCUT2D eigenvalue weighted by atomic mass is 35.5. The molecule has 3 unspecified atom stereocenters. The van der Waals surface area contributed by atoms with Crippen molar-refractivity contribution < 1.29 is 13.6 Å². The Morgan fingerprint density at radius 3 is 2.83 bits per heavy atom. The van der Waals surface area contributed by atoms with Crippen LogP contribution in [0.5, 0.6) is 0 Å². The van der Waals surface area contributed by atoms with Gasteiger partial charge in [0.2, 0.25) is 5.91 Å². The third-order valence-electron chi connectivity index (χ3n) is 9.58. The summed E-state index contributed by atoms with van der Waals surface area (Å²) in [5.41, 5.74) is 5.78. The average Bonchev–Trinajstić information content (AvgIpc) is 3.40. The number of nitrogens with one attached hydrogen (secondary N) is 1. The second-order valence-electron chi connectivity index (χ2n) is 13.1. The molecule has 2 fully saturated rings. The predicted molar refractivity (Wildman–Crippen MR) is 187 cm³/mol. The van der Waals surface area contributed by atoms with Gasteiger partial charge in [-0.25, -0.2) is 8.78 Å². The number of rotatable bonds is 11. The van der Waals surface area contributed by atoms with Gasteiger partial charge in [-0.1, -0.05) is 54.1 Å². The van der Waals surface area contributed by atoms with Crippen molar-refractivity contribution in [3.63, 3.8) is 0 Å². The van der Waals surface area contributed by atoms with Gasteiger partial charge in [0.05, 0.1) is 22.8 Å². The number of halogens is 3. The molecule has 3 aliphatic heterocycles. The number of nitrogens with zero attached hydrogens (tertiary/aromatic N) is 3. The van der Waals surface area contributed by atoms with Crippen molar-refractivity contribution in [2.75, 3.05) is 13.1 Å². The number of amides is 1. The minimum atomic E-state index is -0.887. The van der Waals surface area contributed by atoms with E-state index in [0.717, 1.165) is 58.2 Å². The SMILES string of the molecule is CC(F)CCC1C=CC(C2=C3CC(CCNC(=O)C4=CC=CC(C5CC5)=CC4)CN3C(c3cccs3)=N[C@H]2c2ccc(F)cc2Cl)=N1. The lowest BCUT2D eigenvalue weighted by Crippen LogP contribution is -2.35. The molecule has 1 saturated carbocycles. The van der Waals surface area contributed by atoms with E-state index < -0.39 is 18.0 Å². The van der Waals surface area contributed by atoms with Gasteiger partial charge in [0.15, 0.2) is 0 Å². The van der Waals surface area contributed by atoms with E-state index in [1.54, 1.807) is 24.3 Å². The zero-order valence-corrected chi connectivity index (χ0v) is 28.0. The Labute approximate surface area is 284 Å². The smallest absolute Gasteiger partial charge is 0.247 e. The summed E-state index contributed by atoms with van der Waals surface area (Å²) in [6, 6.07) is 8.00. The number of alkyl halides is 1. The Bertz CT molecular complexity index is 1750. The first-order valence-corrected chi connectivity index (χ1v) is 17.9. The first-order valence-electron chi connectivity index (χ1n) is 16.7. The fourth-order valence-corrected chi connectivity index (χ4v) is 7.95. The van der Waals surface area contributed by atoms with Gasteiger partial charge in [0.25, 0.3) is 0 Å². The molecule has 4 heterocycles. The maximum atomic E-state index is 14.2. The van der Waals surface area contributed by atoms with Crippen LogP contribution in [0.15, 0.2) is 105 Å². The fraction of sp³-hybridized carbons (Fsp3) is 0.395. The van der Waals surface area contributed by atoms with Crippen LogP contribution < -0.4 is 5.32 Å². The third kappa shape index (κ3) is 7.14. The van der Waals surface area contributed by atoms with Gasteiger partial charge in [0.1, 0.15) is 17.7 Å². The van der Waals surface area contributed by atoms with Crippen LogP contribution in [0.25, 0.3) is 0 Å². The average molecular weight is 673 g/mol. The summed E-state index contributed by atoms with van der Waals surface area (Å²) in [6.45, 7) is 2.91. The first-order chi connectivity index (χ1) is 22.8. The van der Waals surface area contributed by atoms with E-state index in [0.29, 0.717) is 36.7 Å². The Morgan fingerprint density at radius 2 is 2.06 bits per heavy atom. The van der Waals surface area contributed by atoms with Crippen LogP contribution in [-0.4, -0.2) is 47.7 Å². The minimum Gasteiger partial charge on any atom is -0.352 e. The van der Waals surface area contributed by atoms with Crippen LogP contribution in [0, 0.1) is 17.7 Å². The summed E-state index contributed by atoms with van der Waals surface area (Å²) < 4.78 is 27.9. The molecule has 1 N–H and O–H groups in total. The number of thiophene rings is 1. The highest BCUT2D eigenvalue weighted by Crippen LogP contribution is 2.45. The van der Waals surface area contributed by atoms with Crippen molar-refractivity contribution in [1.82, 2.24) is 10.2 Å². The Morgan fingerprint density at radius 1 is 1.19 bits per heavy atom. The van der Waals surface area contributed by atoms with Crippen molar-refractivity contribution in [3.05, 3.63) is 116 Å². The lowest BCUT2D eigenvalue weighted by atomic mass is 9.90. The Balaban J connectivity index is 1.15. The molecule has 5 nitrogen and oxygen atoms in total. The van der Waals surface area contributed by atoms with Crippen molar-refractivity contribution in [3.8, 4) is 0 Å². The normalized spacial score (nSPS) is 24.4. The summed E-state index contributed by atoms with van der Waals surface area (Å²) in [5, 5.41) is 5.54. The molecular formula is C38H39ClF2N4OS. The van der Waals surface area contributed by atoms with E-state index in [1.807, 2.05) is 35.8 Å². The number of benzene rings is 1. The van der Waals surface area contributed by atoms with Crippen LogP contribution in [0.1, 0.15) is 68.4 Å². The molecule has 1 amide bonds. The van der Waals surface area contributed by atoms with Crippen molar-refractivity contribution in [2.45, 2.75) is 70.1 Å². The summed E-state index contributed by atoms with van der Waals surface area (Å²) >= 11 is 8.33. The molecule has 0 radical (unpaired) electrons. The van der Waals surface area contributed by atoms with Crippen molar-refractivity contribution in [2.24, 2.45) is 21.8 Å². The summed E-state index contributed by atoms with van der Waals surface area (Å²) in [7, 11) is 0.